The van der Waals surface area contributed by atoms with Crippen molar-refractivity contribution in [2.45, 2.75) is 77.2 Å². The monoisotopic (exact) mass is 316 g/mol. The molecule has 1 fully saturated rings. The van der Waals surface area contributed by atoms with Crippen LogP contribution in [0.5, 0.6) is 0 Å². The zero-order valence-electron chi connectivity index (χ0n) is 14.3. The standard InChI is InChI=1S/C15H28N2O5/c1-13(2,3)21-11(18)16-9-15(20)7-10(8-15)17-12(19)22-14(4,5)6/h10,20H,7-9H2,1-6H3,(H,16,18)(H,17,19). The molecule has 1 saturated carbocycles. The number of carbonyl (C=O) groups is 2. The second kappa shape index (κ2) is 6.32. The van der Waals surface area contributed by atoms with Crippen LogP contribution in [-0.2, 0) is 9.47 Å². The van der Waals surface area contributed by atoms with Crippen molar-refractivity contribution in [2.75, 3.05) is 6.54 Å². The molecule has 1 aliphatic rings. The van der Waals surface area contributed by atoms with E-state index in [2.05, 4.69) is 10.6 Å². The van der Waals surface area contributed by atoms with Crippen LogP contribution >= 0.6 is 0 Å². The molecule has 0 heterocycles. The zero-order chi connectivity index (χ0) is 17.2. The second-order valence-corrected chi connectivity index (χ2v) is 7.83. The van der Waals surface area contributed by atoms with Crippen LogP contribution in [0.2, 0.25) is 0 Å². The summed E-state index contributed by atoms with van der Waals surface area (Å²) < 4.78 is 10.2. The average Bonchev–Trinajstić information content (AvgIpc) is 2.19. The molecule has 1 rings (SSSR count). The minimum absolute atomic E-state index is 0.0917. The zero-order valence-corrected chi connectivity index (χ0v) is 14.3. The van der Waals surface area contributed by atoms with Gasteiger partial charge in [-0.3, -0.25) is 0 Å². The summed E-state index contributed by atoms with van der Waals surface area (Å²) in [7, 11) is 0. The molecule has 0 bridgehead atoms. The minimum Gasteiger partial charge on any atom is -0.444 e. The number of aliphatic hydroxyl groups is 1. The topological polar surface area (TPSA) is 96.9 Å². The number of alkyl carbamates (subject to hydrolysis) is 2. The Morgan fingerprint density at radius 2 is 1.50 bits per heavy atom. The highest BCUT2D eigenvalue weighted by atomic mass is 16.6. The third-order valence-corrected chi connectivity index (χ3v) is 2.93. The van der Waals surface area contributed by atoms with Gasteiger partial charge in [0.1, 0.15) is 11.2 Å². The summed E-state index contributed by atoms with van der Waals surface area (Å²) in [6, 6.07) is -0.153. The molecule has 2 amide bonds. The van der Waals surface area contributed by atoms with Crippen molar-refractivity contribution in [3.8, 4) is 0 Å². The number of amides is 2. The van der Waals surface area contributed by atoms with Crippen LogP contribution in [0.25, 0.3) is 0 Å². The Hall–Kier alpha value is -1.50. The fourth-order valence-electron chi connectivity index (χ4n) is 2.13. The van der Waals surface area contributed by atoms with E-state index in [0.717, 1.165) is 0 Å². The lowest BCUT2D eigenvalue weighted by Crippen LogP contribution is -2.60. The first-order valence-electron chi connectivity index (χ1n) is 7.47. The van der Waals surface area contributed by atoms with Crippen molar-refractivity contribution in [1.82, 2.24) is 10.6 Å². The van der Waals surface area contributed by atoms with Crippen LogP contribution in [0.3, 0.4) is 0 Å². The maximum Gasteiger partial charge on any atom is 0.407 e. The van der Waals surface area contributed by atoms with Gasteiger partial charge in [-0.1, -0.05) is 0 Å². The van der Waals surface area contributed by atoms with Crippen LogP contribution in [0.4, 0.5) is 9.59 Å². The van der Waals surface area contributed by atoms with Gasteiger partial charge in [-0.15, -0.1) is 0 Å². The molecule has 1 aliphatic carbocycles. The van der Waals surface area contributed by atoms with Gasteiger partial charge in [0.2, 0.25) is 0 Å². The van der Waals surface area contributed by atoms with Gasteiger partial charge >= 0.3 is 12.2 Å². The number of rotatable bonds is 3. The largest absolute Gasteiger partial charge is 0.444 e. The van der Waals surface area contributed by atoms with E-state index in [-0.39, 0.29) is 12.6 Å². The smallest absolute Gasteiger partial charge is 0.407 e. The molecule has 0 aromatic heterocycles. The minimum atomic E-state index is -1.02. The van der Waals surface area contributed by atoms with E-state index in [1.165, 1.54) is 0 Å². The van der Waals surface area contributed by atoms with Crippen molar-refractivity contribution in [2.24, 2.45) is 0 Å². The predicted octanol–water partition coefficient (Wildman–Crippen LogP) is 1.93. The summed E-state index contributed by atoms with van der Waals surface area (Å²) in [6.07, 6.45) is -0.339. The van der Waals surface area contributed by atoms with Crippen LogP contribution in [0.15, 0.2) is 0 Å². The summed E-state index contributed by atoms with van der Waals surface area (Å²) in [5.41, 5.74) is -2.15. The van der Waals surface area contributed by atoms with Gasteiger partial charge in [0.15, 0.2) is 0 Å². The number of carbonyl (C=O) groups excluding carboxylic acids is 2. The SMILES string of the molecule is CC(C)(C)OC(=O)NCC1(O)CC(NC(=O)OC(C)(C)C)C1. The molecular weight excluding hydrogens is 288 g/mol. The summed E-state index contributed by atoms with van der Waals surface area (Å²) in [4.78, 5) is 23.1. The average molecular weight is 316 g/mol. The first-order valence-corrected chi connectivity index (χ1v) is 7.47. The van der Waals surface area contributed by atoms with Crippen molar-refractivity contribution < 1.29 is 24.2 Å². The Morgan fingerprint density at radius 3 is 1.95 bits per heavy atom. The van der Waals surface area contributed by atoms with E-state index in [4.69, 9.17) is 9.47 Å². The highest BCUT2D eigenvalue weighted by Crippen LogP contribution is 2.31. The highest BCUT2D eigenvalue weighted by Gasteiger charge is 2.44. The van der Waals surface area contributed by atoms with E-state index in [1.54, 1.807) is 41.5 Å². The summed E-state index contributed by atoms with van der Waals surface area (Å²) in [5, 5.41) is 15.4. The van der Waals surface area contributed by atoms with Gasteiger partial charge in [0.05, 0.1) is 5.60 Å². The van der Waals surface area contributed by atoms with Gasteiger partial charge in [-0.2, -0.15) is 0 Å². The third-order valence-electron chi connectivity index (χ3n) is 2.93. The maximum atomic E-state index is 11.6. The lowest BCUT2D eigenvalue weighted by Gasteiger charge is -2.43. The molecule has 7 nitrogen and oxygen atoms in total. The molecule has 0 spiro atoms. The van der Waals surface area contributed by atoms with Gasteiger partial charge < -0.3 is 25.2 Å². The Morgan fingerprint density at radius 1 is 1.05 bits per heavy atom. The van der Waals surface area contributed by atoms with Crippen LogP contribution < -0.4 is 10.6 Å². The van der Waals surface area contributed by atoms with Gasteiger partial charge in [-0.05, 0) is 54.4 Å². The van der Waals surface area contributed by atoms with Crippen LogP contribution in [0, 0.1) is 0 Å². The van der Waals surface area contributed by atoms with Crippen molar-refractivity contribution in [3.63, 3.8) is 0 Å². The molecule has 0 aromatic rings. The molecule has 0 saturated heterocycles. The quantitative estimate of drug-likeness (QED) is 0.739. The van der Waals surface area contributed by atoms with Gasteiger partial charge in [0.25, 0.3) is 0 Å². The molecule has 7 heteroatoms. The Bertz CT molecular complexity index is 417. The Kier molecular flexibility index (Phi) is 5.33. The molecule has 0 aliphatic heterocycles. The lowest BCUT2D eigenvalue weighted by molar-refractivity contribution is -0.0561. The summed E-state index contributed by atoms with van der Waals surface area (Å²) in [5.74, 6) is 0. The molecular formula is C15H28N2O5. The van der Waals surface area contributed by atoms with Crippen LogP contribution in [0.1, 0.15) is 54.4 Å². The Labute approximate surface area is 131 Å². The van der Waals surface area contributed by atoms with E-state index >= 15 is 0 Å². The van der Waals surface area contributed by atoms with E-state index in [9.17, 15) is 14.7 Å². The van der Waals surface area contributed by atoms with E-state index in [0.29, 0.717) is 12.8 Å². The molecule has 22 heavy (non-hydrogen) atoms. The van der Waals surface area contributed by atoms with Crippen molar-refractivity contribution in [3.05, 3.63) is 0 Å². The maximum absolute atomic E-state index is 11.6. The fraction of sp³-hybridized carbons (Fsp3) is 0.867. The predicted molar refractivity (Wildman–Crippen MR) is 81.6 cm³/mol. The first kappa shape index (κ1) is 18.5. The summed E-state index contributed by atoms with van der Waals surface area (Å²) >= 11 is 0. The number of ether oxygens (including phenoxy) is 2. The Balaban J connectivity index is 2.27. The first-order chi connectivity index (χ1) is 9.78. The second-order valence-electron chi connectivity index (χ2n) is 7.83. The van der Waals surface area contributed by atoms with E-state index in [1.807, 2.05) is 0 Å². The van der Waals surface area contributed by atoms with Crippen LogP contribution in [-0.4, -0.2) is 46.7 Å². The van der Waals surface area contributed by atoms with E-state index < -0.39 is 29.0 Å². The third kappa shape index (κ3) is 6.98. The number of hydrogen-bond donors (Lipinski definition) is 3. The van der Waals surface area contributed by atoms with Gasteiger partial charge in [-0.25, -0.2) is 9.59 Å². The lowest BCUT2D eigenvalue weighted by atomic mass is 9.75. The molecule has 0 unspecified atom stereocenters. The molecule has 0 radical (unpaired) electrons. The highest BCUT2D eigenvalue weighted by molar-refractivity contribution is 5.69. The van der Waals surface area contributed by atoms with Gasteiger partial charge in [0, 0.05) is 12.6 Å². The van der Waals surface area contributed by atoms with Crippen molar-refractivity contribution in [1.29, 1.82) is 0 Å². The number of hydrogen-bond acceptors (Lipinski definition) is 5. The molecule has 128 valence electrons. The fourth-order valence-corrected chi connectivity index (χ4v) is 2.13. The molecule has 0 aromatic carbocycles. The van der Waals surface area contributed by atoms with Crippen molar-refractivity contribution >= 4 is 12.2 Å². The number of nitrogens with one attached hydrogen (secondary N) is 2. The molecule has 3 N–H and O–H groups in total. The normalized spacial score (nSPS) is 25.0. The summed E-state index contributed by atoms with van der Waals surface area (Å²) in [6.45, 7) is 10.8. The molecule has 0 atom stereocenters.